The van der Waals surface area contributed by atoms with Crippen LogP contribution in [0.1, 0.15) is 27.0 Å². The smallest absolute Gasteiger partial charge is 0.265 e. The highest BCUT2D eigenvalue weighted by Crippen LogP contribution is 2.39. The molecule has 2 aromatic rings. The lowest BCUT2D eigenvalue weighted by molar-refractivity contribution is 0.103. The molecule has 0 atom stereocenters. The van der Waals surface area contributed by atoms with E-state index in [9.17, 15) is 4.79 Å². The van der Waals surface area contributed by atoms with Crippen molar-refractivity contribution in [3.63, 3.8) is 0 Å². The van der Waals surface area contributed by atoms with Crippen LogP contribution in [0.5, 0.6) is 11.5 Å². The fourth-order valence-corrected chi connectivity index (χ4v) is 3.39. The van der Waals surface area contributed by atoms with Crippen molar-refractivity contribution in [2.75, 3.05) is 12.1 Å². The number of nitrogens with one attached hydrogen (secondary N) is 1. The Morgan fingerprint density at radius 3 is 2.71 bits per heavy atom. The summed E-state index contributed by atoms with van der Waals surface area (Å²) >= 11 is 7.66. The van der Waals surface area contributed by atoms with Gasteiger partial charge in [0.15, 0.2) is 11.5 Å². The first-order chi connectivity index (χ1) is 10.1. The van der Waals surface area contributed by atoms with E-state index < -0.39 is 0 Å². The Balaban J connectivity index is 1.84. The highest BCUT2D eigenvalue weighted by atomic mass is 35.5. The average Bonchev–Trinajstić information content (AvgIpc) is 3.05. The van der Waals surface area contributed by atoms with Crippen LogP contribution < -0.4 is 14.8 Å². The second kappa shape index (κ2) is 5.58. The van der Waals surface area contributed by atoms with Gasteiger partial charge in [0.2, 0.25) is 6.79 Å². The number of aryl methyl sites for hydroxylation is 2. The van der Waals surface area contributed by atoms with Gasteiger partial charge in [0.1, 0.15) is 0 Å². The Kier molecular flexibility index (Phi) is 3.78. The van der Waals surface area contributed by atoms with Gasteiger partial charge in [0.25, 0.3) is 5.91 Å². The summed E-state index contributed by atoms with van der Waals surface area (Å²) in [5.41, 5.74) is 1.67. The average molecular weight is 324 g/mol. The minimum atomic E-state index is -0.163. The van der Waals surface area contributed by atoms with Gasteiger partial charge in [-0.05, 0) is 25.0 Å². The van der Waals surface area contributed by atoms with Gasteiger partial charge >= 0.3 is 0 Å². The van der Waals surface area contributed by atoms with E-state index in [0.29, 0.717) is 27.1 Å². The van der Waals surface area contributed by atoms with E-state index in [1.807, 2.05) is 13.0 Å². The Morgan fingerprint density at radius 2 is 2.05 bits per heavy atom. The minimum Gasteiger partial charge on any atom is -0.454 e. The van der Waals surface area contributed by atoms with Gasteiger partial charge in [0.05, 0.1) is 15.6 Å². The van der Waals surface area contributed by atoms with Crippen molar-refractivity contribution in [3.05, 3.63) is 38.5 Å². The molecule has 0 fully saturated rings. The molecule has 0 radical (unpaired) electrons. The van der Waals surface area contributed by atoms with E-state index in [-0.39, 0.29) is 12.7 Å². The van der Waals surface area contributed by atoms with Crippen LogP contribution in [0.3, 0.4) is 0 Å². The quantitative estimate of drug-likeness (QED) is 0.918. The Labute approximate surface area is 131 Å². The first kappa shape index (κ1) is 14.2. The molecule has 0 aliphatic carbocycles. The molecule has 0 saturated carbocycles. The number of thiophene rings is 1. The number of benzene rings is 1. The predicted molar refractivity (Wildman–Crippen MR) is 84.0 cm³/mol. The number of fused-ring (bicyclic) bond motifs is 1. The maximum absolute atomic E-state index is 12.3. The van der Waals surface area contributed by atoms with Gasteiger partial charge in [-0.2, -0.15) is 0 Å². The molecular weight excluding hydrogens is 310 g/mol. The van der Waals surface area contributed by atoms with Crippen molar-refractivity contribution in [2.24, 2.45) is 0 Å². The minimum absolute atomic E-state index is 0.163. The van der Waals surface area contributed by atoms with Crippen molar-refractivity contribution >= 4 is 34.5 Å². The highest BCUT2D eigenvalue weighted by Gasteiger charge is 2.19. The Hall–Kier alpha value is -1.72. The number of carbonyl (C=O) groups excluding carboxylic acids is 1. The summed E-state index contributed by atoms with van der Waals surface area (Å²) < 4.78 is 10.5. The number of hydrogen-bond donors (Lipinski definition) is 1. The SMILES string of the molecule is CCc1sc(C(=O)Nc2cc3c(cc2Cl)OCO3)cc1C. The third-order valence-electron chi connectivity index (χ3n) is 3.28. The molecule has 1 aromatic heterocycles. The molecule has 4 nitrogen and oxygen atoms in total. The van der Waals surface area contributed by atoms with Crippen LogP contribution in [-0.2, 0) is 6.42 Å². The molecule has 1 amide bonds. The van der Waals surface area contributed by atoms with Gasteiger partial charge in [-0.3, -0.25) is 4.79 Å². The molecule has 1 N–H and O–H groups in total. The summed E-state index contributed by atoms with van der Waals surface area (Å²) in [6.45, 7) is 4.27. The summed E-state index contributed by atoms with van der Waals surface area (Å²) in [6.07, 6.45) is 0.925. The second-order valence-electron chi connectivity index (χ2n) is 4.71. The Bertz CT molecular complexity index is 711. The number of carbonyl (C=O) groups is 1. The zero-order chi connectivity index (χ0) is 15.0. The lowest BCUT2D eigenvalue weighted by atomic mass is 10.2. The standard InChI is InChI=1S/C15H14ClNO3S/c1-3-13-8(2)4-14(21-13)15(18)17-10-6-12-11(5-9(10)16)19-7-20-12/h4-6H,3,7H2,1-2H3,(H,17,18). The van der Waals surface area contributed by atoms with Crippen molar-refractivity contribution in [3.8, 4) is 11.5 Å². The molecule has 110 valence electrons. The molecular formula is C15H14ClNO3S. The molecule has 21 heavy (non-hydrogen) atoms. The molecule has 1 aromatic carbocycles. The van der Waals surface area contributed by atoms with Crippen LogP contribution in [0.2, 0.25) is 5.02 Å². The van der Waals surface area contributed by atoms with E-state index in [1.165, 1.54) is 16.2 Å². The van der Waals surface area contributed by atoms with E-state index in [1.54, 1.807) is 12.1 Å². The van der Waals surface area contributed by atoms with Gasteiger partial charge in [0, 0.05) is 17.0 Å². The molecule has 1 aliphatic rings. The zero-order valence-electron chi connectivity index (χ0n) is 11.7. The number of amides is 1. The van der Waals surface area contributed by atoms with Gasteiger partial charge < -0.3 is 14.8 Å². The zero-order valence-corrected chi connectivity index (χ0v) is 13.2. The van der Waals surface area contributed by atoms with Crippen molar-refractivity contribution in [2.45, 2.75) is 20.3 Å². The molecule has 2 heterocycles. The van der Waals surface area contributed by atoms with Crippen molar-refractivity contribution in [1.29, 1.82) is 0 Å². The van der Waals surface area contributed by atoms with E-state index in [2.05, 4.69) is 12.2 Å². The van der Waals surface area contributed by atoms with Gasteiger partial charge in [-0.15, -0.1) is 11.3 Å². The second-order valence-corrected chi connectivity index (χ2v) is 6.25. The first-order valence-corrected chi connectivity index (χ1v) is 7.77. The van der Waals surface area contributed by atoms with E-state index >= 15 is 0 Å². The molecule has 0 unspecified atom stereocenters. The molecule has 0 spiro atoms. The summed E-state index contributed by atoms with van der Waals surface area (Å²) in [5.74, 6) is 1.02. The topological polar surface area (TPSA) is 47.6 Å². The number of ether oxygens (including phenoxy) is 2. The molecule has 0 saturated heterocycles. The predicted octanol–water partition coefficient (Wildman–Crippen LogP) is 4.25. The van der Waals surface area contributed by atoms with Crippen LogP contribution in [0.4, 0.5) is 5.69 Å². The summed E-state index contributed by atoms with van der Waals surface area (Å²) in [7, 11) is 0. The fourth-order valence-electron chi connectivity index (χ4n) is 2.18. The van der Waals surface area contributed by atoms with Crippen LogP contribution in [0.15, 0.2) is 18.2 Å². The number of rotatable bonds is 3. The lowest BCUT2D eigenvalue weighted by Crippen LogP contribution is -2.10. The number of hydrogen-bond acceptors (Lipinski definition) is 4. The lowest BCUT2D eigenvalue weighted by Gasteiger charge is -2.07. The first-order valence-electron chi connectivity index (χ1n) is 6.58. The molecule has 3 rings (SSSR count). The van der Waals surface area contributed by atoms with Crippen molar-refractivity contribution < 1.29 is 14.3 Å². The third kappa shape index (κ3) is 2.71. The summed E-state index contributed by atoms with van der Waals surface area (Å²) in [5, 5.41) is 3.25. The monoisotopic (exact) mass is 323 g/mol. The van der Waals surface area contributed by atoms with Gasteiger partial charge in [-0.1, -0.05) is 18.5 Å². The number of anilines is 1. The molecule has 1 aliphatic heterocycles. The maximum atomic E-state index is 12.3. The summed E-state index contributed by atoms with van der Waals surface area (Å²) in [6, 6.07) is 5.24. The van der Waals surface area contributed by atoms with Crippen LogP contribution in [0, 0.1) is 6.92 Å². The molecule has 0 bridgehead atoms. The largest absolute Gasteiger partial charge is 0.454 e. The Morgan fingerprint density at radius 1 is 1.33 bits per heavy atom. The third-order valence-corrected chi connectivity index (χ3v) is 4.97. The van der Waals surface area contributed by atoms with E-state index in [0.717, 1.165) is 12.0 Å². The summed E-state index contributed by atoms with van der Waals surface area (Å²) in [4.78, 5) is 14.2. The van der Waals surface area contributed by atoms with Crippen LogP contribution in [0.25, 0.3) is 0 Å². The van der Waals surface area contributed by atoms with Crippen molar-refractivity contribution in [1.82, 2.24) is 0 Å². The fraction of sp³-hybridized carbons (Fsp3) is 0.267. The maximum Gasteiger partial charge on any atom is 0.265 e. The van der Waals surface area contributed by atoms with Crippen LogP contribution >= 0.6 is 22.9 Å². The highest BCUT2D eigenvalue weighted by molar-refractivity contribution is 7.14. The normalized spacial score (nSPS) is 12.5. The number of halogens is 1. The van der Waals surface area contributed by atoms with Gasteiger partial charge in [-0.25, -0.2) is 0 Å². The molecule has 6 heteroatoms. The van der Waals surface area contributed by atoms with Crippen LogP contribution in [-0.4, -0.2) is 12.7 Å². The van der Waals surface area contributed by atoms with E-state index in [4.69, 9.17) is 21.1 Å².